The van der Waals surface area contributed by atoms with E-state index in [0.29, 0.717) is 12.1 Å². The average molecular weight is 186 g/mol. The molecule has 0 aromatic carbocycles. The Morgan fingerprint density at radius 2 is 2.42 bits per heavy atom. The molecule has 2 N–H and O–H groups in total. The van der Waals surface area contributed by atoms with Gasteiger partial charge in [-0.25, -0.2) is 0 Å². The topological polar surface area (TPSA) is 24.1 Å². The van der Waals surface area contributed by atoms with Crippen LogP contribution >= 0.6 is 12.2 Å². The molecule has 1 aliphatic heterocycles. The summed E-state index contributed by atoms with van der Waals surface area (Å²) in [6.07, 6.45) is 2.22. The minimum absolute atomic E-state index is 0.492. The lowest BCUT2D eigenvalue weighted by Gasteiger charge is -2.12. The van der Waals surface area contributed by atoms with Crippen LogP contribution in [0.2, 0.25) is 0 Å². The molecule has 12 heavy (non-hydrogen) atoms. The van der Waals surface area contributed by atoms with Crippen molar-refractivity contribution in [3.8, 4) is 0 Å². The summed E-state index contributed by atoms with van der Waals surface area (Å²) in [6, 6.07) is 1.08. The fraction of sp³-hybridized carbons (Fsp3) is 0.889. The Bertz CT molecular complexity index is 157. The summed E-state index contributed by atoms with van der Waals surface area (Å²) in [5, 5.41) is 6.79. The molecule has 1 heterocycles. The summed E-state index contributed by atoms with van der Waals surface area (Å²) >= 11 is 5.23. The van der Waals surface area contributed by atoms with Gasteiger partial charge in [0.25, 0.3) is 0 Å². The van der Waals surface area contributed by atoms with Gasteiger partial charge in [0.2, 0.25) is 0 Å². The van der Waals surface area contributed by atoms with Gasteiger partial charge in [-0.05, 0) is 19.4 Å². The van der Waals surface area contributed by atoms with Crippen LogP contribution in [-0.4, -0.2) is 30.0 Å². The van der Waals surface area contributed by atoms with E-state index in [4.69, 9.17) is 12.2 Å². The Morgan fingerprint density at radius 3 is 2.92 bits per heavy atom. The molecule has 0 aromatic rings. The highest BCUT2D eigenvalue weighted by molar-refractivity contribution is 7.80. The van der Waals surface area contributed by atoms with Crippen molar-refractivity contribution in [3.63, 3.8) is 0 Å². The number of hydrogen-bond acceptors (Lipinski definition) is 3. The lowest BCUT2D eigenvalue weighted by atomic mass is 10.1. The molecule has 2 nitrogen and oxygen atoms in total. The fourth-order valence-corrected chi connectivity index (χ4v) is 1.74. The van der Waals surface area contributed by atoms with Crippen molar-refractivity contribution in [2.24, 2.45) is 0 Å². The smallest absolute Gasteiger partial charge is 0.0396 e. The van der Waals surface area contributed by atoms with Crippen molar-refractivity contribution >= 4 is 17.1 Å². The lowest BCUT2D eigenvalue weighted by Crippen LogP contribution is -2.33. The van der Waals surface area contributed by atoms with E-state index < -0.39 is 0 Å². The molecular weight excluding hydrogens is 168 g/mol. The first-order chi connectivity index (χ1) is 5.70. The number of rotatable bonds is 4. The van der Waals surface area contributed by atoms with E-state index in [9.17, 15) is 0 Å². The molecule has 0 aliphatic carbocycles. The maximum Gasteiger partial charge on any atom is 0.0396 e. The summed E-state index contributed by atoms with van der Waals surface area (Å²) < 4.78 is 0. The molecule has 0 aromatic heterocycles. The van der Waals surface area contributed by atoms with Gasteiger partial charge in [0.15, 0.2) is 0 Å². The van der Waals surface area contributed by atoms with Crippen molar-refractivity contribution in [1.29, 1.82) is 0 Å². The summed E-state index contributed by atoms with van der Waals surface area (Å²) in [7, 11) is 0. The maximum atomic E-state index is 5.23. The Balaban J connectivity index is 2.10. The Morgan fingerprint density at radius 1 is 1.67 bits per heavy atom. The zero-order valence-corrected chi connectivity index (χ0v) is 8.71. The zero-order chi connectivity index (χ0) is 8.97. The number of thiocarbonyl (C=S) groups is 1. The Kier molecular flexibility index (Phi) is 4.12. The van der Waals surface area contributed by atoms with Crippen LogP contribution in [0.1, 0.15) is 26.7 Å². The van der Waals surface area contributed by atoms with Gasteiger partial charge in [0.05, 0.1) is 0 Å². The van der Waals surface area contributed by atoms with Crippen molar-refractivity contribution in [3.05, 3.63) is 0 Å². The highest BCUT2D eigenvalue weighted by Crippen LogP contribution is 2.06. The van der Waals surface area contributed by atoms with Crippen LogP contribution in [0.25, 0.3) is 0 Å². The summed E-state index contributed by atoms with van der Waals surface area (Å²) in [4.78, 5) is 1.21. The first kappa shape index (κ1) is 10.1. The van der Waals surface area contributed by atoms with E-state index in [1.165, 1.54) is 4.86 Å². The van der Waals surface area contributed by atoms with Gasteiger partial charge >= 0.3 is 0 Å². The summed E-state index contributed by atoms with van der Waals surface area (Å²) in [6.45, 7) is 6.47. The molecule has 3 heteroatoms. The van der Waals surface area contributed by atoms with E-state index in [1.54, 1.807) is 0 Å². The standard InChI is InChI=1S/C9H18N2S/c1-7(2)10-5-3-8-9(12)4-6-11-8/h7-8,10-11H,3-6H2,1-2H3. The van der Waals surface area contributed by atoms with Crippen molar-refractivity contribution in [1.82, 2.24) is 10.6 Å². The van der Waals surface area contributed by atoms with Crippen LogP contribution in [0, 0.1) is 0 Å². The second kappa shape index (κ2) is 4.90. The molecule has 1 rings (SSSR count). The third-order valence-electron chi connectivity index (χ3n) is 2.14. The van der Waals surface area contributed by atoms with Crippen molar-refractivity contribution in [2.45, 2.75) is 38.8 Å². The minimum Gasteiger partial charge on any atom is -0.314 e. The SMILES string of the molecule is CC(C)NCCC1NCCC1=S. The second-order valence-corrected chi connectivity index (χ2v) is 4.14. The second-order valence-electron chi connectivity index (χ2n) is 3.62. The fourth-order valence-electron chi connectivity index (χ4n) is 1.44. The zero-order valence-electron chi connectivity index (χ0n) is 7.89. The largest absolute Gasteiger partial charge is 0.314 e. The van der Waals surface area contributed by atoms with E-state index in [-0.39, 0.29) is 0 Å². The summed E-state index contributed by atoms with van der Waals surface area (Å²) in [5.41, 5.74) is 0. The van der Waals surface area contributed by atoms with Crippen molar-refractivity contribution in [2.75, 3.05) is 13.1 Å². The molecule has 0 spiro atoms. The molecule has 70 valence electrons. The predicted octanol–water partition coefficient (Wildman–Crippen LogP) is 1.11. The average Bonchev–Trinajstić information content (AvgIpc) is 2.36. The van der Waals surface area contributed by atoms with Gasteiger partial charge in [-0.1, -0.05) is 26.1 Å². The molecule has 1 unspecified atom stereocenters. The van der Waals surface area contributed by atoms with Gasteiger partial charge < -0.3 is 10.6 Å². The van der Waals surface area contributed by atoms with Crippen LogP contribution in [0.3, 0.4) is 0 Å². The maximum absolute atomic E-state index is 5.23. The third-order valence-corrected chi connectivity index (χ3v) is 2.63. The molecule has 1 atom stereocenters. The van der Waals surface area contributed by atoms with E-state index in [0.717, 1.165) is 25.9 Å². The van der Waals surface area contributed by atoms with E-state index >= 15 is 0 Å². The third kappa shape index (κ3) is 3.17. The molecule has 0 radical (unpaired) electrons. The monoisotopic (exact) mass is 186 g/mol. The van der Waals surface area contributed by atoms with Crippen LogP contribution in [0.15, 0.2) is 0 Å². The van der Waals surface area contributed by atoms with Gasteiger partial charge in [0, 0.05) is 23.5 Å². The van der Waals surface area contributed by atoms with Gasteiger partial charge in [-0.2, -0.15) is 0 Å². The highest BCUT2D eigenvalue weighted by atomic mass is 32.1. The Labute approximate surface area is 80.1 Å². The van der Waals surface area contributed by atoms with Crippen LogP contribution in [-0.2, 0) is 0 Å². The van der Waals surface area contributed by atoms with E-state index in [2.05, 4.69) is 24.5 Å². The van der Waals surface area contributed by atoms with Gasteiger partial charge in [-0.3, -0.25) is 0 Å². The molecule has 1 aliphatic rings. The molecule has 0 amide bonds. The number of nitrogens with one attached hydrogen (secondary N) is 2. The molecule has 1 fully saturated rings. The normalized spacial score (nSPS) is 23.9. The van der Waals surface area contributed by atoms with Crippen molar-refractivity contribution < 1.29 is 0 Å². The van der Waals surface area contributed by atoms with Gasteiger partial charge in [0.1, 0.15) is 0 Å². The quantitative estimate of drug-likeness (QED) is 0.643. The van der Waals surface area contributed by atoms with E-state index in [1.807, 2.05) is 0 Å². The highest BCUT2D eigenvalue weighted by Gasteiger charge is 2.18. The Hall–Kier alpha value is 0.01000. The first-order valence-corrected chi connectivity index (χ1v) is 5.10. The predicted molar refractivity (Wildman–Crippen MR) is 56.8 cm³/mol. The summed E-state index contributed by atoms with van der Waals surface area (Å²) in [5.74, 6) is 0. The van der Waals surface area contributed by atoms with Crippen LogP contribution in [0.4, 0.5) is 0 Å². The minimum atomic E-state index is 0.492. The lowest BCUT2D eigenvalue weighted by molar-refractivity contribution is 0.538. The molecule has 0 saturated carbocycles. The van der Waals surface area contributed by atoms with Crippen LogP contribution in [0.5, 0.6) is 0 Å². The van der Waals surface area contributed by atoms with Crippen LogP contribution < -0.4 is 10.6 Å². The molecule has 0 bridgehead atoms. The first-order valence-electron chi connectivity index (χ1n) is 4.69. The molecule has 1 saturated heterocycles. The van der Waals surface area contributed by atoms with Gasteiger partial charge in [-0.15, -0.1) is 0 Å². The number of hydrogen-bond donors (Lipinski definition) is 2. The molecular formula is C9H18N2S.